The van der Waals surface area contributed by atoms with E-state index in [9.17, 15) is 18.0 Å². The third-order valence-corrected chi connectivity index (χ3v) is 2.79. The normalized spacial score (nSPS) is 10.6. The molecule has 0 fully saturated rings. The van der Waals surface area contributed by atoms with Gasteiger partial charge in [0, 0.05) is 13.6 Å². The minimum Gasteiger partial charge on any atom is -0.465 e. The maximum atomic E-state index is 13.4. The van der Waals surface area contributed by atoms with Crippen molar-refractivity contribution < 1.29 is 27.8 Å². The van der Waals surface area contributed by atoms with Gasteiger partial charge in [-0.3, -0.25) is 0 Å². The van der Waals surface area contributed by atoms with Crippen LogP contribution in [0.2, 0.25) is 0 Å². The highest BCUT2D eigenvalue weighted by Gasteiger charge is 2.15. The summed E-state index contributed by atoms with van der Waals surface area (Å²) in [5.74, 6) is -1.18. The lowest BCUT2D eigenvalue weighted by Crippen LogP contribution is -2.24. The Morgan fingerprint density at radius 1 is 1.56 bits per heavy atom. The van der Waals surface area contributed by atoms with Crippen molar-refractivity contribution in [2.24, 2.45) is 0 Å². The number of nitrogens with zero attached hydrogens (tertiary/aromatic N) is 1. The molecule has 0 unspecified atom stereocenters. The zero-order valence-corrected chi connectivity index (χ0v) is 10.7. The molecule has 1 amide bonds. The summed E-state index contributed by atoms with van der Waals surface area (Å²) in [5.41, 5.74) is 0.205. The van der Waals surface area contributed by atoms with Gasteiger partial charge in [-0.25, -0.2) is 9.18 Å². The fraction of sp³-hybridized carbons (Fsp3) is 0.300. The maximum absolute atomic E-state index is 13.4. The van der Waals surface area contributed by atoms with Gasteiger partial charge in [0.05, 0.1) is 4.47 Å². The molecule has 0 saturated heterocycles. The maximum Gasteiger partial charge on any atom is 0.407 e. The van der Waals surface area contributed by atoms with Crippen LogP contribution in [0, 0.1) is 5.82 Å². The molecule has 0 heterocycles. The van der Waals surface area contributed by atoms with Gasteiger partial charge >= 0.3 is 12.7 Å². The van der Waals surface area contributed by atoms with Gasteiger partial charge in [0.2, 0.25) is 0 Å². The Balaban J connectivity index is 3.00. The SMILES string of the molecule is CN(Cc1cc(F)c(Br)c(OC(F)F)c1)C(=O)O. The summed E-state index contributed by atoms with van der Waals surface area (Å²) in [6.45, 7) is -3.23. The average Bonchev–Trinajstić information content (AvgIpc) is 2.24. The van der Waals surface area contributed by atoms with E-state index in [-0.39, 0.29) is 22.3 Å². The van der Waals surface area contributed by atoms with Gasteiger partial charge in [-0.05, 0) is 33.6 Å². The molecular weight excluding hydrogens is 319 g/mol. The van der Waals surface area contributed by atoms with Gasteiger partial charge in [-0.2, -0.15) is 8.78 Å². The summed E-state index contributed by atoms with van der Waals surface area (Å²) in [7, 11) is 1.27. The lowest BCUT2D eigenvalue weighted by atomic mass is 10.2. The second-order valence-electron chi connectivity index (χ2n) is 3.41. The van der Waals surface area contributed by atoms with Gasteiger partial charge in [-0.15, -0.1) is 0 Å². The Morgan fingerprint density at radius 2 is 2.17 bits per heavy atom. The molecule has 1 rings (SSSR count). The fourth-order valence-corrected chi connectivity index (χ4v) is 1.55. The van der Waals surface area contributed by atoms with Crippen molar-refractivity contribution in [1.29, 1.82) is 0 Å². The first kappa shape index (κ1) is 14.6. The Labute approximate surface area is 109 Å². The molecule has 4 nitrogen and oxygen atoms in total. The summed E-state index contributed by atoms with van der Waals surface area (Å²) in [6.07, 6.45) is -1.21. The summed E-state index contributed by atoms with van der Waals surface area (Å²) < 4.78 is 41.5. The molecule has 8 heteroatoms. The van der Waals surface area contributed by atoms with Gasteiger partial charge < -0.3 is 14.7 Å². The van der Waals surface area contributed by atoms with Gasteiger partial charge in [0.1, 0.15) is 11.6 Å². The molecule has 18 heavy (non-hydrogen) atoms. The predicted octanol–water partition coefficient (Wildman–Crippen LogP) is 3.30. The monoisotopic (exact) mass is 327 g/mol. The highest BCUT2D eigenvalue weighted by atomic mass is 79.9. The van der Waals surface area contributed by atoms with Crippen molar-refractivity contribution in [2.75, 3.05) is 7.05 Å². The highest BCUT2D eigenvalue weighted by Crippen LogP contribution is 2.31. The van der Waals surface area contributed by atoms with Crippen LogP contribution >= 0.6 is 15.9 Å². The van der Waals surface area contributed by atoms with Crippen LogP contribution in [0.4, 0.5) is 18.0 Å². The zero-order chi connectivity index (χ0) is 13.9. The van der Waals surface area contributed by atoms with Crippen molar-refractivity contribution in [3.8, 4) is 5.75 Å². The number of benzene rings is 1. The Kier molecular flexibility index (Phi) is 4.83. The van der Waals surface area contributed by atoms with Crippen LogP contribution in [0.1, 0.15) is 5.56 Å². The van der Waals surface area contributed by atoms with Gasteiger partial charge in [0.25, 0.3) is 0 Å². The lowest BCUT2D eigenvalue weighted by Gasteiger charge is -2.15. The first-order valence-corrected chi connectivity index (χ1v) is 5.47. The molecule has 1 aromatic rings. The number of carbonyl (C=O) groups is 1. The number of hydrogen-bond acceptors (Lipinski definition) is 2. The van der Waals surface area contributed by atoms with E-state index in [2.05, 4.69) is 20.7 Å². The number of rotatable bonds is 4. The molecule has 0 spiro atoms. The molecular formula is C10H9BrF3NO3. The second-order valence-corrected chi connectivity index (χ2v) is 4.20. The molecule has 100 valence electrons. The largest absolute Gasteiger partial charge is 0.465 e. The second kappa shape index (κ2) is 5.94. The quantitative estimate of drug-likeness (QED) is 0.923. The molecule has 1 N–H and O–H groups in total. The lowest BCUT2D eigenvalue weighted by molar-refractivity contribution is -0.0506. The van der Waals surface area contributed by atoms with Crippen molar-refractivity contribution in [1.82, 2.24) is 4.90 Å². The Bertz CT molecular complexity index is 456. The van der Waals surface area contributed by atoms with E-state index in [1.165, 1.54) is 7.05 Å². The van der Waals surface area contributed by atoms with Crippen LogP contribution in [-0.4, -0.2) is 29.8 Å². The van der Waals surface area contributed by atoms with E-state index in [0.717, 1.165) is 17.0 Å². The molecule has 0 bridgehead atoms. The van der Waals surface area contributed by atoms with Crippen LogP contribution in [0.15, 0.2) is 16.6 Å². The van der Waals surface area contributed by atoms with Crippen LogP contribution in [0.5, 0.6) is 5.75 Å². The summed E-state index contributed by atoms with van der Waals surface area (Å²) in [4.78, 5) is 11.5. The predicted molar refractivity (Wildman–Crippen MR) is 60.2 cm³/mol. The average molecular weight is 328 g/mol. The number of amides is 1. The van der Waals surface area contributed by atoms with Crippen LogP contribution in [0.25, 0.3) is 0 Å². The van der Waals surface area contributed by atoms with E-state index < -0.39 is 18.5 Å². The summed E-state index contributed by atoms with van der Waals surface area (Å²) >= 11 is 2.77. The molecule has 0 aliphatic carbocycles. The van der Waals surface area contributed by atoms with Crippen LogP contribution in [0.3, 0.4) is 0 Å². The van der Waals surface area contributed by atoms with E-state index in [0.29, 0.717) is 0 Å². The Morgan fingerprint density at radius 3 is 2.67 bits per heavy atom. The number of ether oxygens (including phenoxy) is 1. The zero-order valence-electron chi connectivity index (χ0n) is 9.16. The highest BCUT2D eigenvalue weighted by molar-refractivity contribution is 9.10. The third-order valence-electron chi connectivity index (χ3n) is 2.02. The molecule has 0 aliphatic rings. The van der Waals surface area contributed by atoms with Crippen LogP contribution in [-0.2, 0) is 6.54 Å². The van der Waals surface area contributed by atoms with Crippen molar-refractivity contribution >= 4 is 22.0 Å². The number of alkyl halides is 2. The summed E-state index contributed by atoms with van der Waals surface area (Å²) in [6, 6.07) is 2.20. The fourth-order valence-electron chi connectivity index (χ4n) is 1.23. The van der Waals surface area contributed by atoms with E-state index in [1.807, 2.05) is 0 Å². The third kappa shape index (κ3) is 3.80. The van der Waals surface area contributed by atoms with E-state index >= 15 is 0 Å². The molecule has 1 aromatic carbocycles. The first-order valence-electron chi connectivity index (χ1n) is 4.68. The number of halogens is 4. The molecule has 0 atom stereocenters. The summed E-state index contributed by atoms with van der Waals surface area (Å²) in [5, 5.41) is 8.65. The molecule has 0 aromatic heterocycles. The van der Waals surface area contributed by atoms with Gasteiger partial charge in [-0.1, -0.05) is 0 Å². The van der Waals surface area contributed by atoms with E-state index in [4.69, 9.17) is 5.11 Å². The van der Waals surface area contributed by atoms with Crippen molar-refractivity contribution in [3.05, 3.63) is 28.0 Å². The van der Waals surface area contributed by atoms with Crippen molar-refractivity contribution in [3.63, 3.8) is 0 Å². The van der Waals surface area contributed by atoms with Crippen LogP contribution < -0.4 is 4.74 Å². The molecule has 0 saturated carbocycles. The van der Waals surface area contributed by atoms with E-state index in [1.54, 1.807) is 0 Å². The number of carboxylic acid groups (broad SMARTS) is 1. The number of hydrogen-bond donors (Lipinski definition) is 1. The van der Waals surface area contributed by atoms with Gasteiger partial charge in [0.15, 0.2) is 0 Å². The minimum atomic E-state index is -3.09. The Hall–Kier alpha value is -1.44. The standard InChI is InChI=1S/C10H9BrF3NO3/c1-15(10(16)17)4-5-2-6(12)8(11)7(3-5)18-9(13)14/h2-3,9H,4H2,1H3,(H,16,17). The minimum absolute atomic E-state index is 0.140. The van der Waals surface area contributed by atoms with Crippen molar-refractivity contribution in [2.45, 2.75) is 13.2 Å². The molecule has 0 aliphatic heterocycles. The molecule has 0 radical (unpaired) electrons. The first-order chi connectivity index (χ1) is 8.31. The smallest absolute Gasteiger partial charge is 0.407 e. The topological polar surface area (TPSA) is 49.8 Å².